The Kier molecular flexibility index (Phi) is 5.24. The molecule has 1 rings (SSSR count). The minimum Gasteiger partial charge on any atom is -0.497 e. The highest BCUT2D eigenvalue weighted by molar-refractivity contribution is 7.89. The molecule has 0 spiro atoms. The standard InChI is InChI=1S/C10H20N2O3S/c1-12(2)16(13,14)8-6-11-9-10-5-3-4-7-15-10/h4,7,10-11H,3,5-6,8-9H2,1-2H3. The smallest absolute Gasteiger partial charge is 0.214 e. The Balaban J connectivity index is 2.14. The molecule has 0 aromatic rings. The van der Waals surface area contributed by atoms with Gasteiger partial charge in [-0.15, -0.1) is 0 Å². The average Bonchev–Trinajstić information content (AvgIpc) is 2.26. The molecule has 6 heteroatoms. The monoisotopic (exact) mass is 248 g/mol. The van der Waals surface area contributed by atoms with Crippen LogP contribution in [0.1, 0.15) is 12.8 Å². The molecule has 0 aromatic heterocycles. The van der Waals surface area contributed by atoms with Crippen molar-refractivity contribution in [3.05, 3.63) is 12.3 Å². The van der Waals surface area contributed by atoms with Crippen molar-refractivity contribution in [1.82, 2.24) is 9.62 Å². The molecule has 1 heterocycles. The number of rotatable bonds is 6. The fourth-order valence-corrected chi connectivity index (χ4v) is 2.15. The largest absolute Gasteiger partial charge is 0.497 e. The number of nitrogens with one attached hydrogen (secondary N) is 1. The highest BCUT2D eigenvalue weighted by atomic mass is 32.2. The van der Waals surface area contributed by atoms with Crippen LogP contribution in [0.5, 0.6) is 0 Å². The van der Waals surface area contributed by atoms with E-state index in [2.05, 4.69) is 5.32 Å². The van der Waals surface area contributed by atoms with Crippen molar-refractivity contribution < 1.29 is 13.2 Å². The highest BCUT2D eigenvalue weighted by Crippen LogP contribution is 2.08. The van der Waals surface area contributed by atoms with E-state index in [0.29, 0.717) is 13.1 Å². The lowest BCUT2D eigenvalue weighted by molar-refractivity contribution is 0.123. The normalized spacial score (nSPS) is 21.1. The number of hydrogen-bond donors (Lipinski definition) is 1. The number of hydrogen-bond acceptors (Lipinski definition) is 4. The molecular weight excluding hydrogens is 228 g/mol. The Bertz CT molecular complexity index is 325. The molecule has 0 radical (unpaired) electrons. The Morgan fingerprint density at radius 2 is 2.25 bits per heavy atom. The van der Waals surface area contributed by atoms with Gasteiger partial charge in [0.2, 0.25) is 10.0 Å². The van der Waals surface area contributed by atoms with Gasteiger partial charge in [-0.1, -0.05) is 0 Å². The number of allylic oxidation sites excluding steroid dienone is 1. The van der Waals surface area contributed by atoms with Gasteiger partial charge in [0, 0.05) is 27.2 Å². The van der Waals surface area contributed by atoms with Crippen LogP contribution in [0.25, 0.3) is 0 Å². The summed E-state index contributed by atoms with van der Waals surface area (Å²) < 4.78 is 29.4. The van der Waals surface area contributed by atoms with Gasteiger partial charge in [0.15, 0.2) is 0 Å². The molecule has 1 aliphatic heterocycles. The van der Waals surface area contributed by atoms with Gasteiger partial charge >= 0.3 is 0 Å². The summed E-state index contributed by atoms with van der Waals surface area (Å²) in [5.74, 6) is 0.128. The van der Waals surface area contributed by atoms with E-state index in [0.717, 1.165) is 12.8 Å². The Hall–Kier alpha value is -0.590. The molecule has 1 N–H and O–H groups in total. The quantitative estimate of drug-likeness (QED) is 0.680. The van der Waals surface area contributed by atoms with Crippen molar-refractivity contribution in [3.63, 3.8) is 0 Å². The summed E-state index contributed by atoms with van der Waals surface area (Å²) in [6, 6.07) is 0. The molecule has 0 saturated carbocycles. The molecule has 1 aliphatic rings. The minimum absolute atomic E-state index is 0.128. The van der Waals surface area contributed by atoms with Crippen molar-refractivity contribution in [1.29, 1.82) is 0 Å². The zero-order chi connectivity index (χ0) is 12.0. The second-order valence-electron chi connectivity index (χ2n) is 4.01. The fourth-order valence-electron chi connectivity index (χ4n) is 1.38. The van der Waals surface area contributed by atoms with Crippen LogP contribution in [0.3, 0.4) is 0 Å². The average molecular weight is 248 g/mol. The van der Waals surface area contributed by atoms with Crippen LogP contribution >= 0.6 is 0 Å². The minimum atomic E-state index is -3.09. The van der Waals surface area contributed by atoms with E-state index in [1.807, 2.05) is 6.08 Å². The summed E-state index contributed by atoms with van der Waals surface area (Å²) in [6.07, 6.45) is 5.90. The van der Waals surface area contributed by atoms with Gasteiger partial charge in [-0.25, -0.2) is 12.7 Å². The van der Waals surface area contributed by atoms with Crippen molar-refractivity contribution in [2.75, 3.05) is 32.9 Å². The zero-order valence-electron chi connectivity index (χ0n) is 9.85. The molecule has 1 unspecified atom stereocenters. The Morgan fingerprint density at radius 3 is 2.81 bits per heavy atom. The lowest BCUT2D eigenvalue weighted by atomic mass is 10.1. The molecule has 1 atom stereocenters. The first-order valence-electron chi connectivity index (χ1n) is 5.44. The van der Waals surface area contributed by atoms with Crippen LogP contribution in [0.4, 0.5) is 0 Å². The van der Waals surface area contributed by atoms with Crippen molar-refractivity contribution in [2.24, 2.45) is 0 Å². The van der Waals surface area contributed by atoms with Crippen molar-refractivity contribution >= 4 is 10.0 Å². The van der Waals surface area contributed by atoms with Crippen molar-refractivity contribution in [2.45, 2.75) is 18.9 Å². The van der Waals surface area contributed by atoms with Crippen LogP contribution in [0, 0.1) is 0 Å². The number of nitrogens with zero attached hydrogens (tertiary/aromatic N) is 1. The summed E-state index contributed by atoms with van der Waals surface area (Å²) in [6.45, 7) is 1.16. The Morgan fingerprint density at radius 1 is 1.50 bits per heavy atom. The van der Waals surface area contributed by atoms with Crippen LogP contribution in [-0.2, 0) is 14.8 Å². The summed E-state index contributed by atoms with van der Waals surface area (Å²) in [4.78, 5) is 0. The first-order chi connectivity index (χ1) is 7.52. The van der Waals surface area contributed by atoms with Gasteiger partial charge in [0.1, 0.15) is 6.10 Å². The fraction of sp³-hybridized carbons (Fsp3) is 0.800. The third-order valence-corrected chi connectivity index (χ3v) is 4.32. The molecule has 0 aliphatic carbocycles. The summed E-state index contributed by atoms with van der Waals surface area (Å²) >= 11 is 0. The lowest BCUT2D eigenvalue weighted by Gasteiger charge is -2.20. The summed E-state index contributed by atoms with van der Waals surface area (Å²) in [5.41, 5.74) is 0. The first kappa shape index (κ1) is 13.5. The van der Waals surface area contributed by atoms with E-state index in [1.165, 1.54) is 4.31 Å². The van der Waals surface area contributed by atoms with E-state index in [1.54, 1.807) is 20.4 Å². The predicted molar refractivity (Wildman–Crippen MR) is 63.6 cm³/mol. The molecule has 0 aromatic carbocycles. The zero-order valence-corrected chi connectivity index (χ0v) is 10.7. The van der Waals surface area contributed by atoms with E-state index >= 15 is 0 Å². The predicted octanol–water partition coefficient (Wildman–Crippen LogP) is 0.160. The molecular formula is C10H20N2O3S. The molecule has 0 bridgehead atoms. The van der Waals surface area contributed by atoms with Gasteiger partial charge in [-0.3, -0.25) is 0 Å². The lowest BCUT2D eigenvalue weighted by Crippen LogP contribution is -2.35. The third kappa shape index (κ3) is 4.51. The second-order valence-corrected chi connectivity index (χ2v) is 6.31. The van der Waals surface area contributed by atoms with Crippen LogP contribution in [0.15, 0.2) is 12.3 Å². The molecule has 94 valence electrons. The first-order valence-corrected chi connectivity index (χ1v) is 7.04. The van der Waals surface area contributed by atoms with Crippen LogP contribution in [-0.4, -0.2) is 51.8 Å². The summed E-state index contributed by atoms with van der Waals surface area (Å²) in [7, 11) is 0.00688. The molecule has 0 amide bonds. The maximum Gasteiger partial charge on any atom is 0.214 e. The maximum atomic E-state index is 11.4. The maximum absolute atomic E-state index is 11.4. The van der Waals surface area contributed by atoms with E-state index in [-0.39, 0.29) is 11.9 Å². The number of ether oxygens (including phenoxy) is 1. The molecule has 0 fully saturated rings. The van der Waals surface area contributed by atoms with Gasteiger partial charge in [-0.2, -0.15) is 0 Å². The Labute approximate surface area is 97.5 Å². The second kappa shape index (κ2) is 6.22. The van der Waals surface area contributed by atoms with Crippen LogP contribution in [0.2, 0.25) is 0 Å². The van der Waals surface area contributed by atoms with Gasteiger partial charge in [0.25, 0.3) is 0 Å². The molecule has 16 heavy (non-hydrogen) atoms. The van der Waals surface area contributed by atoms with Gasteiger partial charge in [-0.05, 0) is 18.9 Å². The van der Waals surface area contributed by atoms with E-state index in [4.69, 9.17) is 4.74 Å². The topological polar surface area (TPSA) is 58.6 Å². The van der Waals surface area contributed by atoms with E-state index in [9.17, 15) is 8.42 Å². The van der Waals surface area contributed by atoms with Crippen molar-refractivity contribution in [3.8, 4) is 0 Å². The third-order valence-electron chi connectivity index (χ3n) is 2.49. The SMILES string of the molecule is CN(C)S(=O)(=O)CCNCC1CCC=CO1. The van der Waals surface area contributed by atoms with E-state index < -0.39 is 10.0 Å². The van der Waals surface area contributed by atoms with Crippen LogP contribution < -0.4 is 5.32 Å². The number of sulfonamides is 1. The highest BCUT2D eigenvalue weighted by Gasteiger charge is 2.14. The molecule has 0 saturated heterocycles. The van der Waals surface area contributed by atoms with Gasteiger partial charge < -0.3 is 10.1 Å². The molecule has 5 nitrogen and oxygen atoms in total. The summed E-state index contributed by atoms with van der Waals surface area (Å²) in [5, 5.41) is 3.10. The van der Waals surface area contributed by atoms with Gasteiger partial charge in [0.05, 0.1) is 12.0 Å².